The highest BCUT2D eigenvalue weighted by molar-refractivity contribution is 7.87. The van der Waals surface area contributed by atoms with E-state index in [1.165, 1.54) is 4.31 Å². The van der Waals surface area contributed by atoms with Crippen LogP contribution in [-0.4, -0.2) is 42.1 Å². The maximum atomic E-state index is 12.4. The lowest BCUT2D eigenvalue weighted by Crippen LogP contribution is -2.47. The molecule has 1 atom stereocenters. The molecule has 8 heteroatoms. The topological polar surface area (TPSA) is 93.2 Å². The lowest BCUT2D eigenvalue weighted by Gasteiger charge is -2.31. The summed E-state index contributed by atoms with van der Waals surface area (Å²) >= 11 is 0. The Labute approximate surface area is 126 Å². The lowest BCUT2D eigenvalue weighted by atomic mass is 10.0. The van der Waals surface area contributed by atoms with Crippen LogP contribution in [0.1, 0.15) is 31.0 Å². The van der Waals surface area contributed by atoms with Gasteiger partial charge < -0.3 is 5.73 Å². The first-order valence-corrected chi connectivity index (χ1v) is 8.86. The van der Waals surface area contributed by atoms with Gasteiger partial charge >= 0.3 is 0 Å². The van der Waals surface area contributed by atoms with Crippen molar-refractivity contribution < 1.29 is 8.42 Å². The van der Waals surface area contributed by atoms with Crippen LogP contribution < -0.4 is 10.5 Å². The molecular formula is C13H25N5O2S. The monoisotopic (exact) mass is 315 g/mol. The van der Waals surface area contributed by atoms with Gasteiger partial charge in [0, 0.05) is 38.4 Å². The van der Waals surface area contributed by atoms with E-state index in [-0.39, 0.29) is 12.5 Å². The Kier molecular flexibility index (Phi) is 5.37. The van der Waals surface area contributed by atoms with Crippen LogP contribution in [0.3, 0.4) is 0 Å². The Balaban J connectivity index is 2.00. The summed E-state index contributed by atoms with van der Waals surface area (Å²) in [4.78, 5) is 0. The van der Waals surface area contributed by atoms with Crippen LogP contribution in [0.4, 0.5) is 0 Å². The highest BCUT2D eigenvalue weighted by atomic mass is 32.2. The van der Waals surface area contributed by atoms with Crippen LogP contribution in [0.5, 0.6) is 0 Å². The molecule has 0 spiro atoms. The summed E-state index contributed by atoms with van der Waals surface area (Å²) in [6.07, 6.45) is 4.53. The van der Waals surface area contributed by atoms with E-state index in [1.807, 2.05) is 20.2 Å². The van der Waals surface area contributed by atoms with E-state index in [0.29, 0.717) is 19.6 Å². The third-order valence-corrected chi connectivity index (χ3v) is 5.45. The minimum atomic E-state index is -3.45. The van der Waals surface area contributed by atoms with Crippen molar-refractivity contribution in [2.45, 2.75) is 32.7 Å². The van der Waals surface area contributed by atoms with Crippen molar-refractivity contribution in [2.75, 3.05) is 19.6 Å². The fourth-order valence-electron chi connectivity index (χ4n) is 2.73. The SMILES string of the molecule is CCc1nn(C)cc1CNS(=O)(=O)N1CCCC(CN)C1. The van der Waals surface area contributed by atoms with Gasteiger partial charge in [-0.1, -0.05) is 6.92 Å². The molecule has 1 aromatic heterocycles. The third-order valence-electron chi connectivity index (χ3n) is 3.93. The van der Waals surface area contributed by atoms with E-state index in [4.69, 9.17) is 5.73 Å². The number of hydrogen-bond acceptors (Lipinski definition) is 4. The van der Waals surface area contributed by atoms with Crippen LogP contribution in [-0.2, 0) is 30.2 Å². The van der Waals surface area contributed by atoms with E-state index in [0.717, 1.165) is 30.5 Å². The van der Waals surface area contributed by atoms with Gasteiger partial charge in [-0.2, -0.15) is 22.5 Å². The Morgan fingerprint density at radius 1 is 1.52 bits per heavy atom. The van der Waals surface area contributed by atoms with Gasteiger partial charge in [0.25, 0.3) is 10.2 Å². The molecule has 3 N–H and O–H groups in total. The molecule has 0 bridgehead atoms. The number of piperidine rings is 1. The summed E-state index contributed by atoms with van der Waals surface area (Å²) in [6, 6.07) is 0. The zero-order valence-electron chi connectivity index (χ0n) is 12.7. The smallest absolute Gasteiger partial charge is 0.279 e. The van der Waals surface area contributed by atoms with E-state index in [1.54, 1.807) is 4.68 Å². The number of nitrogens with one attached hydrogen (secondary N) is 1. The standard InChI is InChI=1S/C13H25N5O2S/c1-3-13-12(10-17(2)16-13)8-15-21(19,20)18-6-4-5-11(7-14)9-18/h10-11,15H,3-9,14H2,1-2H3. The van der Waals surface area contributed by atoms with Crippen LogP contribution in [0.25, 0.3) is 0 Å². The van der Waals surface area contributed by atoms with Gasteiger partial charge in [0.05, 0.1) is 5.69 Å². The molecule has 0 aliphatic carbocycles. The zero-order chi connectivity index (χ0) is 15.5. The fraction of sp³-hybridized carbons (Fsp3) is 0.769. The van der Waals surface area contributed by atoms with Gasteiger partial charge in [-0.15, -0.1) is 0 Å². The van der Waals surface area contributed by atoms with E-state index in [9.17, 15) is 8.42 Å². The molecule has 2 heterocycles. The molecule has 21 heavy (non-hydrogen) atoms. The van der Waals surface area contributed by atoms with Crippen molar-refractivity contribution in [3.8, 4) is 0 Å². The normalized spacial score (nSPS) is 20.8. The molecule has 1 aromatic rings. The third kappa shape index (κ3) is 4.03. The summed E-state index contributed by atoms with van der Waals surface area (Å²) < 4.78 is 30.7. The lowest BCUT2D eigenvalue weighted by molar-refractivity contribution is 0.268. The van der Waals surface area contributed by atoms with Gasteiger partial charge in [-0.05, 0) is 31.7 Å². The first kappa shape index (κ1) is 16.4. The summed E-state index contributed by atoms with van der Waals surface area (Å²) in [5, 5.41) is 4.32. The average Bonchev–Trinajstić information content (AvgIpc) is 2.85. The van der Waals surface area contributed by atoms with Crippen molar-refractivity contribution >= 4 is 10.2 Å². The van der Waals surface area contributed by atoms with Crippen LogP contribution in [0.2, 0.25) is 0 Å². The van der Waals surface area contributed by atoms with Crippen LogP contribution in [0, 0.1) is 5.92 Å². The average molecular weight is 315 g/mol. The molecule has 120 valence electrons. The molecule has 0 amide bonds. The molecule has 0 saturated carbocycles. The molecule has 1 unspecified atom stereocenters. The minimum Gasteiger partial charge on any atom is -0.330 e. The summed E-state index contributed by atoms with van der Waals surface area (Å²) in [7, 11) is -1.61. The number of hydrogen-bond donors (Lipinski definition) is 2. The molecule has 1 fully saturated rings. The second kappa shape index (κ2) is 6.87. The van der Waals surface area contributed by atoms with Gasteiger partial charge in [-0.3, -0.25) is 4.68 Å². The number of aromatic nitrogens is 2. The Bertz CT molecular complexity index is 569. The zero-order valence-corrected chi connectivity index (χ0v) is 13.6. The molecular weight excluding hydrogens is 290 g/mol. The van der Waals surface area contributed by atoms with Crippen molar-refractivity contribution in [3.63, 3.8) is 0 Å². The van der Waals surface area contributed by atoms with E-state index < -0.39 is 10.2 Å². The number of rotatable bonds is 6. The van der Waals surface area contributed by atoms with E-state index in [2.05, 4.69) is 9.82 Å². The Morgan fingerprint density at radius 3 is 2.95 bits per heavy atom. The van der Waals surface area contributed by atoms with Gasteiger partial charge in [0.1, 0.15) is 0 Å². The fourth-order valence-corrected chi connectivity index (χ4v) is 4.02. The molecule has 1 saturated heterocycles. The van der Waals surface area contributed by atoms with Crippen molar-refractivity contribution in [2.24, 2.45) is 18.7 Å². The van der Waals surface area contributed by atoms with Crippen molar-refractivity contribution in [1.29, 1.82) is 0 Å². The van der Waals surface area contributed by atoms with E-state index >= 15 is 0 Å². The van der Waals surface area contributed by atoms with Gasteiger partial charge in [0.2, 0.25) is 0 Å². The summed E-state index contributed by atoms with van der Waals surface area (Å²) in [6.45, 7) is 3.91. The first-order chi connectivity index (χ1) is 9.96. The quantitative estimate of drug-likeness (QED) is 0.772. The molecule has 1 aliphatic rings. The largest absolute Gasteiger partial charge is 0.330 e. The predicted molar refractivity (Wildman–Crippen MR) is 81.7 cm³/mol. The predicted octanol–water partition coefficient (Wildman–Crippen LogP) is -0.0124. The summed E-state index contributed by atoms with van der Waals surface area (Å²) in [5.41, 5.74) is 7.52. The first-order valence-electron chi connectivity index (χ1n) is 7.42. The second-order valence-corrected chi connectivity index (χ2v) is 7.31. The highest BCUT2D eigenvalue weighted by Crippen LogP contribution is 2.18. The number of nitrogens with zero attached hydrogens (tertiary/aromatic N) is 3. The number of aryl methyl sites for hydroxylation is 2. The molecule has 7 nitrogen and oxygen atoms in total. The Hall–Kier alpha value is -0.960. The highest BCUT2D eigenvalue weighted by Gasteiger charge is 2.28. The minimum absolute atomic E-state index is 0.264. The molecule has 2 rings (SSSR count). The van der Waals surface area contributed by atoms with Gasteiger partial charge in [-0.25, -0.2) is 0 Å². The molecule has 1 aliphatic heterocycles. The van der Waals surface area contributed by atoms with Crippen LogP contribution >= 0.6 is 0 Å². The second-order valence-electron chi connectivity index (χ2n) is 5.56. The van der Waals surface area contributed by atoms with Gasteiger partial charge in [0.15, 0.2) is 0 Å². The summed E-state index contributed by atoms with van der Waals surface area (Å²) in [5.74, 6) is 0.264. The van der Waals surface area contributed by atoms with Crippen molar-refractivity contribution in [1.82, 2.24) is 18.8 Å². The molecule has 0 aromatic carbocycles. The maximum Gasteiger partial charge on any atom is 0.279 e. The maximum absolute atomic E-state index is 12.4. The Morgan fingerprint density at radius 2 is 2.29 bits per heavy atom. The van der Waals surface area contributed by atoms with Crippen LogP contribution in [0.15, 0.2) is 6.20 Å². The molecule has 0 radical (unpaired) electrons. The number of nitrogens with two attached hydrogens (primary N) is 1. The van der Waals surface area contributed by atoms with Crippen molar-refractivity contribution in [3.05, 3.63) is 17.5 Å².